The second-order valence-corrected chi connectivity index (χ2v) is 5.11. The third-order valence-corrected chi connectivity index (χ3v) is 3.28. The Bertz CT molecular complexity index is 466. The van der Waals surface area contributed by atoms with Crippen LogP contribution >= 0.6 is 0 Å². The third-order valence-electron chi connectivity index (χ3n) is 1.87. The lowest BCUT2D eigenvalue weighted by molar-refractivity contribution is -0.385. The summed E-state index contributed by atoms with van der Waals surface area (Å²) in [5, 5.41) is 14.1. The molecule has 0 atom stereocenters. The van der Waals surface area contributed by atoms with Gasteiger partial charge in [-0.1, -0.05) is 0 Å². The summed E-state index contributed by atoms with van der Waals surface area (Å²) in [7, 11) is -3.22. The zero-order valence-electron chi connectivity index (χ0n) is 8.66. The van der Waals surface area contributed by atoms with E-state index in [-0.39, 0.29) is 24.5 Å². The molecule has 8 nitrogen and oxygen atoms in total. The Balaban J connectivity index is 2.46. The molecular formula is C7H12N4O4S. The molecule has 1 aromatic heterocycles. The maximum absolute atomic E-state index is 11.1. The fourth-order valence-electron chi connectivity index (χ4n) is 0.987. The molecule has 0 aromatic carbocycles. The highest BCUT2D eigenvalue weighted by Crippen LogP contribution is 2.06. The molecule has 0 aliphatic rings. The van der Waals surface area contributed by atoms with E-state index in [9.17, 15) is 18.5 Å². The zero-order valence-corrected chi connectivity index (χ0v) is 9.48. The van der Waals surface area contributed by atoms with E-state index >= 15 is 0 Å². The molecule has 0 spiro atoms. The van der Waals surface area contributed by atoms with Crippen LogP contribution in [0.3, 0.4) is 0 Å². The quantitative estimate of drug-likeness (QED) is 0.550. The Morgan fingerprint density at radius 3 is 2.81 bits per heavy atom. The number of nitro groups is 1. The van der Waals surface area contributed by atoms with Gasteiger partial charge in [0.15, 0.2) is 0 Å². The number of hydrogen-bond acceptors (Lipinski definition) is 5. The van der Waals surface area contributed by atoms with E-state index in [1.54, 1.807) is 0 Å². The maximum Gasteiger partial charge on any atom is 0.306 e. The average Bonchev–Trinajstić information content (AvgIpc) is 2.66. The van der Waals surface area contributed by atoms with Gasteiger partial charge < -0.3 is 0 Å². The molecule has 0 amide bonds. The SMILES string of the molecule is CCS(=O)(=O)NCCn1cc([N+](=O)[O-])cn1. The van der Waals surface area contributed by atoms with Gasteiger partial charge in [0, 0.05) is 6.54 Å². The number of sulfonamides is 1. The number of aromatic nitrogens is 2. The molecule has 9 heteroatoms. The summed E-state index contributed by atoms with van der Waals surface area (Å²) in [5.41, 5.74) is -0.113. The van der Waals surface area contributed by atoms with Crippen molar-refractivity contribution in [1.29, 1.82) is 0 Å². The maximum atomic E-state index is 11.1. The highest BCUT2D eigenvalue weighted by Gasteiger charge is 2.09. The van der Waals surface area contributed by atoms with Crippen LogP contribution in [0.1, 0.15) is 6.92 Å². The summed E-state index contributed by atoms with van der Waals surface area (Å²) >= 11 is 0. The number of hydrogen-bond donors (Lipinski definition) is 1. The van der Waals surface area contributed by atoms with E-state index in [0.29, 0.717) is 0 Å². The second-order valence-electron chi connectivity index (χ2n) is 3.02. The van der Waals surface area contributed by atoms with E-state index < -0.39 is 14.9 Å². The second kappa shape index (κ2) is 5.03. The first kappa shape index (κ1) is 12.6. The molecule has 0 saturated carbocycles. The Hall–Kier alpha value is -1.48. The van der Waals surface area contributed by atoms with Gasteiger partial charge in [-0.3, -0.25) is 14.8 Å². The van der Waals surface area contributed by atoms with Gasteiger partial charge in [0.2, 0.25) is 10.0 Å². The normalized spacial score (nSPS) is 11.6. The van der Waals surface area contributed by atoms with Crippen molar-refractivity contribution in [2.45, 2.75) is 13.5 Å². The third kappa shape index (κ3) is 3.59. The fourth-order valence-corrected chi connectivity index (χ4v) is 1.59. The molecule has 0 radical (unpaired) electrons. The summed E-state index contributed by atoms with van der Waals surface area (Å²) in [6.07, 6.45) is 2.37. The molecule has 0 aliphatic carbocycles. The van der Waals surface area contributed by atoms with Gasteiger partial charge in [-0.15, -0.1) is 0 Å². The van der Waals surface area contributed by atoms with Gasteiger partial charge in [-0.05, 0) is 6.92 Å². The standard InChI is InChI=1S/C7H12N4O4S/c1-2-16(14,15)9-3-4-10-6-7(5-8-10)11(12)13/h5-6,9H,2-4H2,1H3. The van der Waals surface area contributed by atoms with Crippen molar-refractivity contribution < 1.29 is 13.3 Å². The summed E-state index contributed by atoms with van der Waals surface area (Å²) in [6, 6.07) is 0. The Labute approximate surface area is 92.5 Å². The van der Waals surface area contributed by atoms with Gasteiger partial charge in [0.05, 0.1) is 17.2 Å². The van der Waals surface area contributed by atoms with E-state index in [0.717, 1.165) is 6.20 Å². The Kier molecular flexibility index (Phi) is 3.96. The minimum atomic E-state index is -3.22. The lowest BCUT2D eigenvalue weighted by Crippen LogP contribution is -2.28. The topological polar surface area (TPSA) is 107 Å². The molecule has 1 N–H and O–H groups in total. The minimum Gasteiger partial charge on any atom is -0.264 e. The van der Waals surface area contributed by atoms with Crippen molar-refractivity contribution in [3.63, 3.8) is 0 Å². The fraction of sp³-hybridized carbons (Fsp3) is 0.571. The highest BCUT2D eigenvalue weighted by molar-refractivity contribution is 7.89. The highest BCUT2D eigenvalue weighted by atomic mass is 32.2. The van der Waals surface area contributed by atoms with Crippen LogP contribution in [0, 0.1) is 10.1 Å². The summed E-state index contributed by atoms with van der Waals surface area (Å²) < 4.78 is 25.8. The molecule has 16 heavy (non-hydrogen) atoms. The van der Waals surface area contributed by atoms with Crippen molar-refractivity contribution >= 4 is 15.7 Å². The Morgan fingerprint density at radius 1 is 1.62 bits per heavy atom. The summed E-state index contributed by atoms with van der Waals surface area (Å²) in [5.74, 6) is 0.00621. The summed E-state index contributed by atoms with van der Waals surface area (Å²) in [6.45, 7) is 1.95. The van der Waals surface area contributed by atoms with Crippen LogP contribution in [-0.2, 0) is 16.6 Å². The number of nitrogens with zero attached hydrogens (tertiary/aromatic N) is 3. The molecule has 1 aromatic rings. The van der Waals surface area contributed by atoms with Gasteiger partial charge in [-0.2, -0.15) is 5.10 Å². The van der Waals surface area contributed by atoms with Crippen LogP contribution in [0.25, 0.3) is 0 Å². The van der Waals surface area contributed by atoms with Crippen molar-refractivity contribution in [3.05, 3.63) is 22.5 Å². The first-order chi connectivity index (χ1) is 7.44. The lowest BCUT2D eigenvalue weighted by atomic mass is 10.6. The minimum absolute atomic E-state index is 0.00621. The van der Waals surface area contributed by atoms with Crippen molar-refractivity contribution in [2.75, 3.05) is 12.3 Å². The van der Waals surface area contributed by atoms with Crippen LogP contribution in [0.4, 0.5) is 5.69 Å². The van der Waals surface area contributed by atoms with Crippen LogP contribution in [0.5, 0.6) is 0 Å². The van der Waals surface area contributed by atoms with Crippen LogP contribution in [0.15, 0.2) is 12.4 Å². The van der Waals surface area contributed by atoms with Crippen molar-refractivity contribution in [3.8, 4) is 0 Å². The predicted octanol–water partition coefficient (Wildman–Crippen LogP) is -0.269. The van der Waals surface area contributed by atoms with E-state index in [4.69, 9.17) is 0 Å². The molecular weight excluding hydrogens is 236 g/mol. The van der Waals surface area contributed by atoms with Gasteiger partial charge in [0.25, 0.3) is 0 Å². The zero-order chi connectivity index (χ0) is 12.2. The van der Waals surface area contributed by atoms with Crippen molar-refractivity contribution in [1.82, 2.24) is 14.5 Å². The summed E-state index contributed by atoms with van der Waals surface area (Å²) in [4.78, 5) is 9.78. The molecule has 0 fully saturated rings. The molecule has 1 rings (SSSR count). The van der Waals surface area contributed by atoms with E-state index in [2.05, 4.69) is 9.82 Å². The molecule has 0 bridgehead atoms. The van der Waals surface area contributed by atoms with Crippen molar-refractivity contribution in [2.24, 2.45) is 0 Å². The number of rotatable bonds is 6. The molecule has 0 unspecified atom stereocenters. The monoisotopic (exact) mass is 248 g/mol. The first-order valence-corrected chi connectivity index (χ1v) is 6.24. The van der Waals surface area contributed by atoms with Crippen LogP contribution in [-0.4, -0.2) is 35.4 Å². The average molecular weight is 248 g/mol. The van der Waals surface area contributed by atoms with Gasteiger partial charge in [-0.25, -0.2) is 13.1 Å². The molecule has 1 heterocycles. The Morgan fingerprint density at radius 2 is 2.31 bits per heavy atom. The predicted molar refractivity (Wildman–Crippen MR) is 56.3 cm³/mol. The van der Waals surface area contributed by atoms with Crippen LogP contribution < -0.4 is 4.72 Å². The van der Waals surface area contributed by atoms with E-state index in [1.807, 2.05) is 0 Å². The lowest BCUT2D eigenvalue weighted by Gasteiger charge is -2.03. The van der Waals surface area contributed by atoms with Gasteiger partial charge >= 0.3 is 5.69 Å². The molecule has 0 aliphatic heterocycles. The molecule has 90 valence electrons. The molecule has 0 saturated heterocycles. The number of nitrogens with one attached hydrogen (secondary N) is 1. The van der Waals surface area contributed by atoms with Crippen LogP contribution in [0.2, 0.25) is 0 Å². The van der Waals surface area contributed by atoms with E-state index in [1.165, 1.54) is 17.8 Å². The largest absolute Gasteiger partial charge is 0.306 e. The smallest absolute Gasteiger partial charge is 0.264 e. The van der Waals surface area contributed by atoms with Gasteiger partial charge in [0.1, 0.15) is 12.4 Å². The first-order valence-electron chi connectivity index (χ1n) is 4.59.